The molecule has 3 aromatic rings. The lowest BCUT2D eigenvalue weighted by Crippen LogP contribution is -2.35. The highest BCUT2D eigenvalue weighted by Crippen LogP contribution is 2.47. The second kappa shape index (κ2) is 12.6. The van der Waals surface area contributed by atoms with Crippen LogP contribution in [0.2, 0.25) is 0 Å². The fraction of sp³-hybridized carbons (Fsp3) is 0.382. The normalized spacial score (nSPS) is 19.7. The maximum atomic E-state index is 15.1. The number of hydrogen-bond acceptors (Lipinski definition) is 5. The summed E-state index contributed by atoms with van der Waals surface area (Å²) in [7, 11) is 1.36. The van der Waals surface area contributed by atoms with Gasteiger partial charge in [-0.25, -0.2) is 18.4 Å². The van der Waals surface area contributed by atoms with Crippen molar-refractivity contribution < 1.29 is 59.3 Å². The molecule has 15 heteroatoms. The van der Waals surface area contributed by atoms with Crippen molar-refractivity contribution in [2.24, 2.45) is 5.41 Å². The number of pyridine rings is 1. The monoisotopic (exact) mass is 698 g/mol. The van der Waals surface area contributed by atoms with Crippen molar-refractivity contribution in [3.8, 4) is 17.0 Å². The van der Waals surface area contributed by atoms with Gasteiger partial charge in [-0.2, -0.15) is 26.3 Å². The minimum absolute atomic E-state index is 0.00103. The molecule has 2 atom stereocenters. The average Bonchev–Trinajstić information content (AvgIpc) is 3.29. The number of allylic oxidation sites excluding steroid dienone is 1. The Hall–Kier alpha value is -4.69. The molecule has 0 bridgehead atoms. The lowest BCUT2D eigenvalue weighted by molar-refractivity contribution is -0.143. The van der Waals surface area contributed by atoms with Crippen molar-refractivity contribution in [3.63, 3.8) is 0 Å². The van der Waals surface area contributed by atoms with E-state index >= 15 is 4.39 Å². The third-order valence-corrected chi connectivity index (χ3v) is 8.86. The Balaban J connectivity index is 1.56. The number of aromatic nitrogens is 1. The third kappa shape index (κ3) is 7.06. The molecule has 5 rings (SSSR count). The summed E-state index contributed by atoms with van der Waals surface area (Å²) in [5.74, 6) is -4.40. The van der Waals surface area contributed by atoms with Crippen LogP contribution < -0.4 is 4.74 Å². The van der Waals surface area contributed by atoms with E-state index in [0.717, 1.165) is 12.1 Å². The van der Waals surface area contributed by atoms with Crippen LogP contribution in [0.4, 0.5) is 39.9 Å². The van der Waals surface area contributed by atoms with E-state index in [0.29, 0.717) is 48.1 Å². The summed E-state index contributed by atoms with van der Waals surface area (Å²) in [6.07, 6.45) is -9.83. The van der Waals surface area contributed by atoms with E-state index in [2.05, 4.69) is 4.98 Å². The Morgan fingerprint density at radius 3 is 2.22 bits per heavy atom. The number of halogens is 8. The molecule has 0 unspecified atom stereocenters. The molecule has 1 fully saturated rings. The molecule has 0 saturated carbocycles. The van der Waals surface area contributed by atoms with E-state index in [1.165, 1.54) is 31.2 Å². The first-order valence-electron chi connectivity index (χ1n) is 15.0. The van der Waals surface area contributed by atoms with E-state index in [1.807, 2.05) is 13.8 Å². The van der Waals surface area contributed by atoms with E-state index in [1.54, 1.807) is 0 Å². The fourth-order valence-electron chi connectivity index (χ4n) is 6.30. The van der Waals surface area contributed by atoms with Gasteiger partial charge < -0.3 is 14.6 Å². The second-order valence-corrected chi connectivity index (χ2v) is 12.8. The number of cyclic esters (lactones) is 1. The van der Waals surface area contributed by atoms with Crippen LogP contribution in [-0.4, -0.2) is 46.7 Å². The number of ether oxygens (including phenoxy) is 2. The maximum Gasteiger partial charge on any atom is 0.416 e. The first kappa shape index (κ1) is 35.6. The number of benzene rings is 2. The highest BCUT2D eigenvalue weighted by atomic mass is 19.4. The van der Waals surface area contributed by atoms with Gasteiger partial charge in [0.2, 0.25) is 0 Å². The lowest BCUT2D eigenvalue weighted by atomic mass is 9.72. The topological polar surface area (TPSA) is 89.0 Å². The molecule has 1 amide bonds. The molecule has 49 heavy (non-hydrogen) atoms. The van der Waals surface area contributed by atoms with Crippen LogP contribution in [0.15, 0.2) is 48.2 Å². The molecule has 0 radical (unpaired) electrons. The van der Waals surface area contributed by atoms with Crippen LogP contribution in [0.25, 0.3) is 16.8 Å². The zero-order chi connectivity index (χ0) is 36.2. The van der Waals surface area contributed by atoms with Crippen LogP contribution in [0.5, 0.6) is 5.75 Å². The Kier molecular flexibility index (Phi) is 9.19. The minimum atomic E-state index is -5.09. The summed E-state index contributed by atoms with van der Waals surface area (Å²) < 4.78 is 122. The number of amides is 1. The first-order chi connectivity index (χ1) is 22.7. The molecule has 7 nitrogen and oxygen atoms in total. The predicted molar refractivity (Wildman–Crippen MR) is 159 cm³/mol. The van der Waals surface area contributed by atoms with Crippen LogP contribution in [0, 0.1) is 17.0 Å². The molecule has 2 aromatic carbocycles. The quantitative estimate of drug-likeness (QED) is 0.248. The van der Waals surface area contributed by atoms with Gasteiger partial charge in [-0.3, -0.25) is 9.88 Å². The summed E-state index contributed by atoms with van der Waals surface area (Å²) in [6, 6.07) is 3.53. The summed E-state index contributed by atoms with van der Waals surface area (Å²) in [5, 5.41) is 9.16. The number of aromatic carboxylic acids is 1. The van der Waals surface area contributed by atoms with Gasteiger partial charge >= 0.3 is 24.4 Å². The third-order valence-electron chi connectivity index (χ3n) is 8.86. The molecule has 262 valence electrons. The Bertz CT molecular complexity index is 1820. The van der Waals surface area contributed by atoms with Gasteiger partial charge in [-0.05, 0) is 84.7 Å². The predicted octanol–water partition coefficient (Wildman–Crippen LogP) is 9.32. The van der Waals surface area contributed by atoms with Crippen LogP contribution in [0.1, 0.15) is 78.7 Å². The largest absolute Gasteiger partial charge is 0.495 e. The Morgan fingerprint density at radius 1 is 1.02 bits per heavy atom. The number of rotatable bonds is 7. The fourth-order valence-corrected chi connectivity index (χ4v) is 6.30. The summed E-state index contributed by atoms with van der Waals surface area (Å²) in [4.78, 5) is 29.9. The number of alkyl halides is 6. The number of carboxylic acid groups (broad SMARTS) is 1. The SMILES string of the molecule is COc1cnc(-c2ccc(C(=O)O)c(F)c2F)cc1C1=C(CN2C(=O)O[C@H](c3cc(C(F)(F)F)cc(C(F)(F)F)c3)[C@@H]2C)CC(C)(C)CC1. The van der Waals surface area contributed by atoms with Crippen molar-refractivity contribution in [1.29, 1.82) is 0 Å². The number of methoxy groups -OCH3 is 1. The molecule has 1 N–H and O–H groups in total. The van der Waals surface area contributed by atoms with Crippen LogP contribution in [0.3, 0.4) is 0 Å². The van der Waals surface area contributed by atoms with Crippen molar-refractivity contribution in [2.75, 3.05) is 13.7 Å². The van der Waals surface area contributed by atoms with Crippen molar-refractivity contribution in [3.05, 3.63) is 87.6 Å². The van der Waals surface area contributed by atoms with Gasteiger partial charge in [-0.1, -0.05) is 13.8 Å². The van der Waals surface area contributed by atoms with E-state index in [-0.39, 0.29) is 35.0 Å². The second-order valence-electron chi connectivity index (χ2n) is 12.8. The van der Waals surface area contributed by atoms with Gasteiger partial charge in [-0.15, -0.1) is 0 Å². The van der Waals surface area contributed by atoms with Crippen molar-refractivity contribution in [2.45, 2.75) is 64.5 Å². The number of carboxylic acids is 1. The molecule has 1 aliphatic carbocycles. The van der Waals surface area contributed by atoms with Crippen LogP contribution in [-0.2, 0) is 17.1 Å². The smallest absolute Gasteiger partial charge is 0.416 e. The van der Waals surface area contributed by atoms with Gasteiger partial charge in [0.15, 0.2) is 11.6 Å². The molecule has 1 aliphatic heterocycles. The van der Waals surface area contributed by atoms with Crippen molar-refractivity contribution >= 4 is 17.6 Å². The standard InChI is InChI=1S/C34H30F8N2O5/c1-16-29(17-9-19(33(37,38)39)11-20(10-17)34(40,41)42)49-31(47)44(16)15-18-13-32(2,3)8-7-21(18)24-12-25(43-14-26(24)48-4)22-5-6-23(30(45)46)28(36)27(22)35/h5-6,9-12,14,16,29H,7-8,13,15H2,1-4H3,(H,45,46)/t16-,29-/m0/s1. The molecule has 1 saturated heterocycles. The molecular weight excluding hydrogens is 668 g/mol. The number of carbonyl (C=O) groups is 2. The molecule has 2 heterocycles. The Labute approximate surface area is 275 Å². The zero-order valence-electron chi connectivity index (χ0n) is 26.5. The highest BCUT2D eigenvalue weighted by molar-refractivity contribution is 5.89. The number of hydrogen-bond donors (Lipinski definition) is 1. The number of nitrogens with zero attached hydrogens (tertiary/aromatic N) is 2. The summed E-state index contributed by atoms with van der Waals surface area (Å²) in [6.45, 7) is 5.31. The van der Waals surface area contributed by atoms with Gasteiger partial charge in [0, 0.05) is 17.7 Å². The van der Waals surface area contributed by atoms with E-state index in [9.17, 15) is 40.3 Å². The van der Waals surface area contributed by atoms with Gasteiger partial charge in [0.05, 0.1) is 41.7 Å². The first-order valence-corrected chi connectivity index (χ1v) is 15.0. The lowest BCUT2D eigenvalue weighted by Gasteiger charge is -2.36. The van der Waals surface area contributed by atoms with Crippen LogP contribution >= 0.6 is 0 Å². The van der Waals surface area contributed by atoms with Gasteiger partial charge in [0.1, 0.15) is 11.9 Å². The summed E-state index contributed by atoms with van der Waals surface area (Å²) >= 11 is 0. The number of carbonyl (C=O) groups excluding carboxylic acids is 1. The minimum Gasteiger partial charge on any atom is -0.495 e. The molecule has 1 aromatic heterocycles. The van der Waals surface area contributed by atoms with Gasteiger partial charge in [0.25, 0.3) is 0 Å². The van der Waals surface area contributed by atoms with E-state index in [4.69, 9.17) is 14.6 Å². The van der Waals surface area contributed by atoms with Crippen molar-refractivity contribution in [1.82, 2.24) is 9.88 Å². The molecule has 0 spiro atoms. The summed E-state index contributed by atoms with van der Waals surface area (Å²) in [5.41, 5.74) is -3.30. The maximum absolute atomic E-state index is 15.1. The molecular formula is C34H30F8N2O5. The zero-order valence-corrected chi connectivity index (χ0v) is 26.5. The average molecular weight is 699 g/mol. The Morgan fingerprint density at radius 2 is 1.65 bits per heavy atom. The molecule has 2 aliphatic rings. The highest BCUT2D eigenvalue weighted by Gasteiger charge is 2.44. The van der Waals surface area contributed by atoms with E-state index < -0.39 is 70.4 Å².